The average molecular weight is 986 g/mol. The van der Waals surface area contributed by atoms with Crippen LogP contribution in [0, 0.1) is 0 Å². The lowest BCUT2D eigenvalue weighted by molar-refractivity contribution is -0.129. The molecule has 408 valence electrons. The van der Waals surface area contributed by atoms with Gasteiger partial charge in [0, 0.05) is 52.1 Å². The number of unbranched alkanes of at least 4 members (excludes halogenated alkanes) is 24. The van der Waals surface area contributed by atoms with E-state index in [1.165, 1.54) is 116 Å². The van der Waals surface area contributed by atoms with Gasteiger partial charge in [-0.05, 0) is 142 Å². The predicted molar refractivity (Wildman–Crippen MR) is 297 cm³/mol. The van der Waals surface area contributed by atoms with E-state index in [2.05, 4.69) is 69.2 Å². The lowest BCUT2D eigenvalue weighted by Gasteiger charge is -2.34. The van der Waals surface area contributed by atoms with Crippen molar-refractivity contribution >= 4 is 23.6 Å². The van der Waals surface area contributed by atoms with Crippen LogP contribution in [0.1, 0.15) is 245 Å². The van der Waals surface area contributed by atoms with Crippen molar-refractivity contribution in [3.63, 3.8) is 0 Å². The molecule has 0 radical (unpaired) electrons. The molecule has 1 fully saturated rings. The normalized spacial score (nSPS) is 14.3. The lowest BCUT2D eigenvalue weighted by Crippen LogP contribution is -2.49. The van der Waals surface area contributed by atoms with Crippen LogP contribution in [-0.2, 0) is 19.2 Å². The second kappa shape index (κ2) is 49.8. The topological polar surface area (TPSA) is 175 Å². The van der Waals surface area contributed by atoms with Gasteiger partial charge in [0.25, 0.3) is 0 Å². The number of nitrogens with two attached hydrogens (primary N) is 2. The van der Waals surface area contributed by atoms with Gasteiger partial charge in [0.15, 0.2) is 0 Å². The number of hydrogen-bond donors (Lipinski definition) is 6. The van der Waals surface area contributed by atoms with Crippen LogP contribution < -0.4 is 32.7 Å². The first kappa shape index (κ1) is 65.2. The van der Waals surface area contributed by atoms with Crippen LogP contribution in [0.2, 0.25) is 0 Å². The van der Waals surface area contributed by atoms with E-state index in [1.54, 1.807) is 0 Å². The van der Waals surface area contributed by atoms with Crippen molar-refractivity contribution in [3.8, 4) is 0 Å². The molecule has 4 amide bonds. The van der Waals surface area contributed by atoms with E-state index in [9.17, 15) is 19.2 Å². The molecule has 70 heavy (non-hydrogen) atoms. The standard InChI is InChI=1S/C58H112N8O4/c1-3-5-7-9-11-13-15-17-19-21-23-25-27-29-31-41-55(67)63-53(39-33-35-43-59)57(69)61-45-37-47-65-49-51-66(52-50-65)48-38-46-62-58(70)54(40-34-36-44-60)64-56(68)42-32-30-28-26-24-22-20-18-16-14-12-10-8-6-4-2/h17-20,53-54H,3-16,21-52,59-60H2,1-2H3,(H,61,69)(H,62,70)(H,63,67)(H,64,68)/b19-17-,20-18-. The summed E-state index contributed by atoms with van der Waals surface area (Å²) in [6.45, 7) is 12.6. The molecule has 0 bridgehead atoms. The van der Waals surface area contributed by atoms with Crippen molar-refractivity contribution in [1.29, 1.82) is 0 Å². The molecular weight excluding hydrogens is 873 g/mol. The summed E-state index contributed by atoms with van der Waals surface area (Å²) in [7, 11) is 0. The van der Waals surface area contributed by atoms with Gasteiger partial charge >= 0.3 is 0 Å². The molecule has 1 aliphatic rings. The monoisotopic (exact) mass is 985 g/mol. The molecule has 2 atom stereocenters. The van der Waals surface area contributed by atoms with Gasteiger partial charge in [-0.15, -0.1) is 0 Å². The van der Waals surface area contributed by atoms with E-state index in [0.717, 1.165) is 129 Å². The molecular formula is C58H112N8O4. The molecule has 1 aliphatic heterocycles. The lowest BCUT2D eigenvalue weighted by atomic mass is 10.1. The summed E-state index contributed by atoms with van der Waals surface area (Å²) < 4.78 is 0. The quantitative estimate of drug-likeness (QED) is 0.0258. The Bertz CT molecular complexity index is 1190. The fourth-order valence-electron chi connectivity index (χ4n) is 9.28. The number of allylic oxidation sites excluding steroid dienone is 4. The Hall–Kier alpha value is -2.80. The van der Waals surface area contributed by atoms with Gasteiger partial charge in [-0.2, -0.15) is 0 Å². The summed E-state index contributed by atoms with van der Waals surface area (Å²) in [5.41, 5.74) is 11.5. The van der Waals surface area contributed by atoms with E-state index in [-0.39, 0.29) is 23.6 Å². The van der Waals surface area contributed by atoms with Crippen molar-refractivity contribution in [3.05, 3.63) is 24.3 Å². The van der Waals surface area contributed by atoms with Gasteiger partial charge < -0.3 is 42.5 Å². The maximum absolute atomic E-state index is 13.2. The summed E-state index contributed by atoms with van der Waals surface area (Å²) in [5.74, 6) is -0.248. The summed E-state index contributed by atoms with van der Waals surface area (Å²) in [6, 6.07) is -1.02. The molecule has 1 rings (SSSR count). The molecule has 2 unspecified atom stereocenters. The third kappa shape index (κ3) is 40.8. The highest BCUT2D eigenvalue weighted by atomic mass is 16.2. The number of nitrogens with one attached hydrogen (secondary N) is 4. The second-order valence-corrected chi connectivity index (χ2v) is 20.5. The molecule has 0 saturated carbocycles. The molecule has 0 aliphatic carbocycles. The number of carbonyl (C=O) groups excluding carboxylic acids is 4. The highest BCUT2D eigenvalue weighted by Gasteiger charge is 2.22. The minimum absolute atomic E-state index is 0.0311. The van der Waals surface area contributed by atoms with Crippen LogP contribution in [0.5, 0.6) is 0 Å². The number of piperazine rings is 1. The zero-order valence-corrected chi connectivity index (χ0v) is 45.7. The first-order valence-electron chi connectivity index (χ1n) is 29.6. The molecule has 0 aromatic heterocycles. The Labute approximate surface area is 430 Å². The molecule has 0 aromatic carbocycles. The van der Waals surface area contributed by atoms with Crippen LogP contribution in [-0.4, -0.2) is 111 Å². The molecule has 12 nitrogen and oxygen atoms in total. The van der Waals surface area contributed by atoms with E-state index in [4.69, 9.17) is 11.5 Å². The number of nitrogens with zero attached hydrogens (tertiary/aromatic N) is 2. The van der Waals surface area contributed by atoms with E-state index in [1.807, 2.05) is 0 Å². The summed E-state index contributed by atoms with van der Waals surface area (Å²) in [5, 5.41) is 12.3. The first-order valence-corrected chi connectivity index (χ1v) is 29.6. The fraction of sp³-hybridized carbons (Fsp3) is 0.862. The van der Waals surface area contributed by atoms with Crippen molar-refractivity contribution in [2.24, 2.45) is 11.5 Å². The summed E-state index contributed by atoms with van der Waals surface area (Å²) >= 11 is 0. The first-order chi connectivity index (χ1) is 34.3. The minimum Gasteiger partial charge on any atom is -0.354 e. The van der Waals surface area contributed by atoms with Crippen LogP contribution in [0.4, 0.5) is 0 Å². The van der Waals surface area contributed by atoms with Crippen LogP contribution in [0.3, 0.4) is 0 Å². The van der Waals surface area contributed by atoms with Crippen molar-refractivity contribution < 1.29 is 19.2 Å². The molecule has 12 heteroatoms. The number of hydrogen-bond acceptors (Lipinski definition) is 8. The van der Waals surface area contributed by atoms with Gasteiger partial charge in [0.2, 0.25) is 23.6 Å². The molecule has 0 spiro atoms. The maximum Gasteiger partial charge on any atom is 0.242 e. The fourth-order valence-corrected chi connectivity index (χ4v) is 9.28. The maximum atomic E-state index is 13.2. The highest BCUT2D eigenvalue weighted by Crippen LogP contribution is 2.13. The van der Waals surface area contributed by atoms with Gasteiger partial charge in [-0.25, -0.2) is 0 Å². The SMILES string of the molecule is CCCCCCCC/C=C\CCCCCCCC(=O)NC(CCCCN)C(=O)NCCCN1CCN(CCCNC(=O)C(CCCCN)NC(=O)CCCCCCC/C=C\CCCCCCCC)CC1. The van der Waals surface area contributed by atoms with Crippen LogP contribution in [0.25, 0.3) is 0 Å². The Morgan fingerprint density at radius 1 is 0.414 bits per heavy atom. The average Bonchev–Trinajstić information content (AvgIpc) is 3.36. The Kier molecular flexibility index (Phi) is 46.4. The van der Waals surface area contributed by atoms with Crippen molar-refractivity contribution in [2.75, 3.05) is 65.4 Å². The van der Waals surface area contributed by atoms with Crippen molar-refractivity contribution in [1.82, 2.24) is 31.1 Å². The number of carbonyl (C=O) groups is 4. The van der Waals surface area contributed by atoms with E-state index >= 15 is 0 Å². The highest BCUT2D eigenvalue weighted by molar-refractivity contribution is 5.88. The smallest absolute Gasteiger partial charge is 0.242 e. The van der Waals surface area contributed by atoms with Crippen LogP contribution >= 0.6 is 0 Å². The molecule has 8 N–H and O–H groups in total. The van der Waals surface area contributed by atoms with Gasteiger partial charge in [0.05, 0.1) is 0 Å². The Morgan fingerprint density at radius 2 is 0.729 bits per heavy atom. The van der Waals surface area contributed by atoms with Gasteiger partial charge in [-0.3, -0.25) is 19.2 Å². The zero-order valence-electron chi connectivity index (χ0n) is 45.7. The molecule has 1 heterocycles. The number of rotatable bonds is 50. The number of amides is 4. The second-order valence-electron chi connectivity index (χ2n) is 20.5. The molecule has 0 aromatic rings. The van der Waals surface area contributed by atoms with Crippen LogP contribution in [0.15, 0.2) is 24.3 Å². The van der Waals surface area contributed by atoms with E-state index in [0.29, 0.717) is 51.9 Å². The summed E-state index contributed by atoms with van der Waals surface area (Å²) in [4.78, 5) is 56.9. The predicted octanol–water partition coefficient (Wildman–Crippen LogP) is 10.9. The Balaban J connectivity index is 2.22. The zero-order chi connectivity index (χ0) is 50.8. The van der Waals surface area contributed by atoms with Gasteiger partial charge in [0.1, 0.15) is 12.1 Å². The van der Waals surface area contributed by atoms with Gasteiger partial charge in [-0.1, -0.05) is 141 Å². The Morgan fingerprint density at radius 3 is 1.06 bits per heavy atom. The minimum atomic E-state index is -0.511. The third-order valence-corrected chi connectivity index (χ3v) is 13.9. The summed E-state index contributed by atoms with van der Waals surface area (Å²) in [6.07, 6.45) is 48.4. The largest absolute Gasteiger partial charge is 0.354 e. The molecule has 1 saturated heterocycles. The van der Waals surface area contributed by atoms with E-state index < -0.39 is 12.1 Å². The third-order valence-electron chi connectivity index (χ3n) is 13.9. The van der Waals surface area contributed by atoms with Crippen molar-refractivity contribution in [2.45, 2.75) is 257 Å².